The molecular weight excluding hydrogens is 495 g/mol. The summed E-state index contributed by atoms with van der Waals surface area (Å²) in [5.74, 6) is 0. The van der Waals surface area contributed by atoms with E-state index in [1.165, 1.54) is 39.7 Å². The van der Waals surface area contributed by atoms with Gasteiger partial charge in [-0.3, -0.25) is 0 Å². The molecule has 0 unspecified atom stereocenters. The fourth-order valence-corrected chi connectivity index (χ4v) is 3.77. The average molecular weight is 573 g/mol. The number of hydrogen-bond donors (Lipinski definition) is 0. The van der Waals surface area contributed by atoms with Gasteiger partial charge in [0, 0.05) is 38.2 Å². The van der Waals surface area contributed by atoms with Gasteiger partial charge in [-0.15, -0.1) is 0 Å². The molecule has 0 atom stereocenters. The Morgan fingerprint density at radius 3 is 0.829 bits per heavy atom. The second-order valence-electron chi connectivity index (χ2n) is 10.8. The van der Waals surface area contributed by atoms with Crippen LogP contribution in [-0.4, -0.2) is 17.5 Å². The van der Waals surface area contributed by atoms with Crippen molar-refractivity contribution in [3.63, 3.8) is 0 Å². The molecule has 3 heteroatoms. The zero-order valence-electron chi connectivity index (χ0n) is 31.0. The normalized spacial score (nSPS) is 9.20. The Bertz CT molecular complexity index is 874. The third-order valence-corrected chi connectivity index (χ3v) is 4.79. The third-order valence-electron chi connectivity index (χ3n) is 4.79. The highest BCUT2D eigenvalue weighted by Crippen LogP contribution is 2.36. The minimum absolute atomic E-state index is 0. The zero-order chi connectivity index (χ0) is 32.1. The Kier molecular flexibility index (Phi) is 33.6. The number of nitrogens with zero attached hydrogens (tertiary/aromatic N) is 2. The second kappa shape index (κ2) is 26.7. The summed E-state index contributed by atoms with van der Waals surface area (Å²) in [6.45, 7) is 44.4. The zero-order valence-corrected chi connectivity index (χ0v) is 31.0. The summed E-state index contributed by atoms with van der Waals surface area (Å²) in [7, 11) is 0. The van der Waals surface area contributed by atoms with Crippen LogP contribution < -0.4 is 0 Å². The molecule has 0 aliphatic heterocycles. The molecule has 3 rings (SSSR count). The standard InChI is InChI=1S/C22H28N2.C5H12.5C2H6.CH4.B.H2/c1-15-11-12-16(2)23(15)19-9-8-10-20(21(19)22(5,6)7)24-17(3)13-14-18(24)4;1-5(2,3)4;5*1-2;;;/h8-14H,1-7H3;1-4H3;5*1-2H3;1H4;;1H/i;;;;;;;;;1+1. The molecule has 2 aromatic heterocycles. The molecular formula is C38H76BN2. The van der Waals surface area contributed by atoms with Gasteiger partial charge in [0.05, 0.1) is 11.4 Å². The van der Waals surface area contributed by atoms with Crippen molar-refractivity contribution in [2.45, 2.75) is 158 Å². The minimum Gasteiger partial charge on any atom is -0.318 e. The molecule has 0 aliphatic carbocycles. The van der Waals surface area contributed by atoms with Crippen LogP contribution in [0.2, 0.25) is 0 Å². The Balaban J connectivity index is -0.000000117. The van der Waals surface area contributed by atoms with Crippen LogP contribution in [0.3, 0.4) is 0 Å². The van der Waals surface area contributed by atoms with E-state index in [1.54, 1.807) is 0 Å². The van der Waals surface area contributed by atoms with E-state index in [4.69, 9.17) is 0 Å². The Morgan fingerprint density at radius 2 is 0.659 bits per heavy atom. The molecule has 0 fully saturated rings. The number of hydrogen-bond acceptors (Lipinski definition) is 0. The first-order valence-corrected chi connectivity index (χ1v) is 15.7. The lowest BCUT2D eigenvalue weighted by Crippen LogP contribution is -2.20. The van der Waals surface area contributed by atoms with E-state index < -0.39 is 0 Å². The summed E-state index contributed by atoms with van der Waals surface area (Å²) < 4.78 is 4.75. The smallest absolute Gasteiger partial charge is 0.0513 e. The predicted molar refractivity (Wildman–Crippen MR) is 199 cm³/mol. The molecule has 3 aromatic rings. The van der Waals surface area contributed by atoms with Gasteiger partial charge in [-0.05, 0) is 74.9 Å². The topological polar surface area (TPSA) is 9.86 Å². The maximum absolute atomic E-state index is 2.37. The van der Waals surface area contributed by atoms with Gasteiger partial charge in [0.1, 0.15) is 0 Å². The molecule has 0 bridgehead atoms. The molecule has 0 aliphatic rings. The van der Waals surface area contributed by atoms with E-state index in [-0.39, 0.29) is 22.7 Å². The molecule has 0 saturated carbocycles. The number of benzene rings is 1. The molecule has 2 heterocycles. The SMILES string of the molecule is C.CC.CC.CC.CC.CC.CC(C)(C)C.Cc1ccc(C)n1-c1cccc(-n2c(C)ccc2C)c1C(C)(C)C.[2HH].[B]. The van der Waals surface area contributed by atoms with Gasteiger partial charge in [0.15, 0.2) is 0 Å². The van der Waals surface area contributed by atoms with E-state index in [2.05, 4.69) is 128 Å². The largest absolute Gasteiger partial charge is 0.318 e. The van der Waals surface area contributed by atoms with Crippen LogP contribution in [-0.2, 0) is 5.41 Å². The first-order valence-electron chi connectivity index (χ1n) is 15.7. The molecule has 3 radical (unpaired) electrons. The van der Waals surface area contributed by atoms with Crippen LogP contribution in [0.1, 0.15) is 155 Å². The van der Waals surface area contributed by atoms with Crippen LogP contribution in [0, 0.1) is 33.1 Å². The highest BCUT2D eigenvalue weighted by Gasteiger charge is 2.25. The van der Waals surface area contributed by atoms with Crippen molar-refractivity contribution >= 4 is 8.41 Å². The highest BCUT2D eigenvalue weighted by atomic mass is 15.0. The van der Waals surface area contributed by atoms with Gasteiger partial charge in [-0.25, -0.2) is 0 Å². The molecule has 0 amide bonds. The van der Waals surface area contributed by atoms with Crippen molar-refractivity contribution in [2.24, 2.45) is 5.41 Å². The monoisotopic (exact) mass is 573 g/mol. The van der Waals surface area contributed by atoms with E-state index in [0.717, 1.165) is 0 Å². The van der Waals surface area contributed by atoms with Gasteiger partial charge < -0.3 is 9.13 Å². The van der Waals surface area contributed by atoms with Gasteiger partial charge in [0.2, 0.25) is 0 Å². The van der Waals surface area contributed by atoms with Crippen LogP contribution >= 0.6 is 0 Å². The lowest BCUT2D eigenvalue weighted by molar-refractivity contribution is 0.469. The van der Waals surface area contributed by atoms with Crippen LogP contribution in [0.15, 0.2) is 42.5 Å². The van der Waals surface area contributed by atoms with Crippen LogP contribution in [0.5, 0.6) is 0 Å². The second-order valence-corrected chi connectivity index (χ2v) is 10.8. The number of aryl methyl sites for hydroxylation is 4. The molecule has 0 spiro atoms. The summed E-state index contributed by atoms with van der Waals surface area (Å²) in [6.07, 6.45) is 0. The average Bonchev–Trinajstić information content (AvgIpc) is 3.42. The van der Waals surface area contributed by atoms with E-state index in [9.17, 15) is 0 Å². The van der Waals surface area contributed by atoms with Crippen molar-refractivity contribution in [3.8, 4) is 11.4 Å². The highest BCUT2D eigenvalue weighted by molar-refractivity contribution is 5.75. The summed E-state index contributed by atoms with van der Waals surface area (Å²) in [5, 5.41) is 0. The molecule has 0 saturated heterocycles. The van der Waals surface area contributed by atoms with Crippen molar-refractivity contribution in [1.29, 1.82) is 0 Å². The summed E-state index contributed by atoms with van der Waals surface area (Å²) in [6, 6.07) is 15.5. The van der Waals surface area contributed by atoms with Gasteiger partial charge in [-0.1, -0.05) is 131 Å². The van der Waals surface area contributed by atoms with Gasteiger partial charge in [0.25, 0.3) is 0 Å². The Labute approximate surface area is 264 Å². The van der Waals surface area contributed by atoms with Crippen molar-refractivity contribution in [3.05, 3.63) is 70.8 Å². The summed E-state index contributed by atoms with van der Waals surface area (Å²) in [5.41, 5.74) is 9.59. The van der Waals surface area contributed by atoms with Crippen LogP contribution in [0.25, 0.3) is 11.4 Å². The summed E-state index contributed by atoms with van der Waals surface area (Å²) in [4.78, 5) is 0. The van der Waals surface area contributed by atoms with E-state index in [0.29, 0.717) is 5.41 Å². The lowest BCUT2D eigenvalue weighted by atomic mass is 9.84. The molecule has 41 heavy (non-hydrogen) atoms. The van der Waals surface area contributed by atoms with Gasteiger partial charge in [-0.2, -0.15) is 0 Å². The van der Waals surface area contributed by atoms with Crippen molar-refractivity contribution in [1.82, 2.24) is 9.13 Å². The maximum atomic E-state index is 2.37. The Hall–Kier alpha value is -2.16. The van der Waals surface area contributed by atoms with Gasteiger partial charge >= 0.3 is 0 Å². The fraction of sp³-hybridized carbons (Fsp3) is 0.632. The van der Waals surface area contributed by atoms with E-state index in [1.807, 2.05) is 69.2 Å². The minimum atomic E-state index is 0. The fourth-order valence-electron chi connectivity index (χ4n) is 3.77. The number of aromatic nitrogens is 2. The predicted octanol–water partition coefficient (Wildman–Crippen LogP) is 13.5. The molecule has 0 N–H and O–H groups in total. The molecule has 2 nitrogen and oxygen atoms in total. The summed E-state index contributed by atoms with van der Waals surface area (Å²) >= 11 is 0. The third kappa shape index (κ3) is 18.1. The quantitative estimate of drug-likeness (QED) is 0.270. The Morgan fingerprint density at radius 1 is 0.463 bits per heavy atom. The molecule has 241 valence electrons. The lowest BCUT2D eigenvalue weighted by Gasteiger charge is -2.29. The molecule has 1 aromatic carbocycles. The van der Waals surface area contributed by atoms with Crippen LogP contribution in [0.4, 0.5) is 0 Å². The van der Waals surface area contributed by atoms with Crippen molar-refractivity contribution in [2.75, 3.05) is 0 Å². The first kappa shape index (κ1) is 51.6. The first-order chi connectivity index (χ1) is 18.2. The van der Waals surface area contributed by atoms with E-state index >= 15 is 0 Å². The number of rotatable bonds is 2. The van der Waals surface area contributed by atoms with Crippen molar-refractivity contribution < 1.29 is 1.43 Å². The maximum Gasteiger partial charge on any atom is 0.0513 e.